The van der Waals surface area contributed by atoms with E-state index in [0.29, 0.717) is 24.3 Å². The number of benzene rings is 2. The molecule has 0 saturated carbocycles. The van der Waals surface area contributed by atoms with Gasteiger partial charge in [0.2, 0.25) is 0 Å². The first kappa shape index (κ1) is 23.3. The van der Waals surface area contributed by atoms with Crippen molar-refractivity contribution in [3.8, 4) is 11.5 Å². The van der Waals surface area contributed by atoms with Gasteiger partial charge in [-0.25, -0.2) is 21.5 Å². The molecule has 2 N–H and O–H groups in total. The van der Waals surface area contributed by atoms with Gasteiger partial charge in [0.25, 0.3) is 21.8 Å². The van der Waals surface area contributed by atoms with Crippen LogP contribution in [-0.2, 0) is 21.0 Å². The minimum atomic E-state index is -5.08. The smallest absolute Gasteiger partial charge is 0.334 e. The second kappa shape index (κ2) is 8.27. The first-order chi connectivity index (χ1) is 14.9. The van der Waals surface area contributed by atoms with Gasteiger partial charge in [0, 0.05) is 6.07 Å². The number of hydrogen-bond donors (Lipinski definition) is 1. The molecule has 32 heavy (non-hydrogen) atoms. The van der Waals surface area contributed by atoms with E-state index in [1.807, 2.05) is 0 Å². The Morgan fingerprint density at radius 1 is 1.16 bits per heavy atom. The summed E-state index contributed by atoms with van der Waals surface area (Å²) in [6.45, 7) is 0.453. The number of nitrogens with two attached hydrogens (primary N) is 1. The first-order valence-electron chi connectivity index (χ1n) is 8.61. The Morgan fingerprint density at radius 3 is 2.38 bits per heavy atom. The zero-order valence-corrected chi connectivity index (χ0v) is 16.8. The van der Waals surface area contributed by atoms with Crippen LogP contribution < -0.4 is 10.0 Å². The van der Waals surface area contributed by atoms with Gasteiger partial charge in [0.05, 0.1) is 28.3 Å². The van der Waals surface area contributed by atoms with Crippen molar-refractivity contribution in [3.63, 3.8) is 0 Å². The third kappa shape index (κ3) is 4.31. The molecular weight excluding hydrogens is 463 g/mol. The number of carbonyl (C=O) groups is 1. The molecule has 0 aliphatic heterocycles. The van der Waals surface area contributed by atoms with Crippen LogP contribution in [0.15, 0.2) is 45.8 Å². The molecule has 1 amide bonds. The Balaban J connectivity index is 2.29. The molecule has 0 aliphatic carbocycles. The number of nitrogens with zero attached hydrogens (tertiary/aromatic N) is 3. The highest BCUT2D eigenvalue weighted by molar-refractivity contribution is 7.93. The Kier molecular flexibility index (Phi) is 6.02. The summed E-state index contributed by atoms with van der Waals surface area (Å²) in [6, 6.07) is 3.41. The SMILES string of the molecule is Cc1noc(-c2cc(F)c(F)cc2N(C(=O)CN)S(=O)(=O)c2cccc(C(F)(F)F)c2)n1. The minimum Gasteiger partial charge on any atom is -0.334 e. The molecular formula is C18H13F5N4O4S. The summed E-state index contributed by atoms with van der Waals surface area (Å²) in [6.07, 6.45) is -4.89. The summed E-state index contributed by atoms with van der Waals surface area (Å²) in [5, 5.41) is 3.46. The van der Waals surface area contributed by atoms with Gasteiger partial charge in [0.15, 0.2) is 17.5 Å². The maximum absolute atomic E-state index is 14.1. The molecule has 0 bridgehead atoms. The minimum absolute atomic E-state index is 0.0279. The van der Waals surface area contributed by atoms with Gasteiger partial charge in [-0.2, -0.15) is 18.2 Å². The van der Waals surface area contributed by atoms with E-state index in [1.54, 1.807) is 0 Å². The van der Waals surface area contributed by atoms with Crippen LogP contribution in [-0.4, -0.2) is 31.0 Å². The molecule has 170 valence electrons. The maximum Gasteiger partial charge on any atom is 0.416 e. The van der Waals surface area contributed by atoms with Crippen LogP contribution in [0.5, 0.6) is 0 Å². The quantitative estimate of drug-likeness (QED) is 0.562. The Labute approximate surface area is 177 Å². The average Bonchev–Trinajstić information content (AvgIpc) is 3.15. The summed E-state index contributed by atoms with van der Waals surface area (Å²) in [5.74, 6) is -4.74. The van der Waals surface area contributed by atoms with Crippen LogP contribution in [0.1, 0.15) is 11.4 Å². The summed E-state index contributed by atoms with van der Waals surface area (Å²) in [7, 11) is -5.08. The van der Waals surface area contributed by atoms with Gasteiger partial charge in [-0.1, -0.05) is 11.2 Å². The van der Waals surface area contributed by atoms with Gasteiger partial charge in [-0.15, -0.1) is 0 Å². The highest BCUT2D eigenvalue weighted by Gasteiger charge is 2.37. The maximum atomic E-state index is 14.1. The highest BCUT2D eigenvalue weighted by atomic mass is 32.2. The van der Waals surface area contributed by atoms with Crippen LogP contribution in [0.3, 0.4) is 0 Å². The normalized spacial score (nSPS) is 12.1. The summed E-state index contributed by atoms with van der Waals surface area (Å²) in [4.78, 5) is 15.4. The van der Waals surface area contributed by atoms with Crippen molar-refractivity contribution in [2.24, 2.45) is 5.73 Å². The Hall–Kier alpha value is -3.39. The van der Waals surface area contributed by atoms with Gasteiger partial charge >= 0.3 is 6.18 Å². The van der Waals surface area contributed by atoms with Crippen molar-refractivity contribution in [2.75, 3.05) is 10.8 Å². The van der Waals surface area contributed by atoms with E-state index in [2.05, 4.69) is 10.1 Å². The molecule has 8 nitrogen and oxygen atoms in total. The third-order valence-electron chi connectivity index (χ3n) is 4.12. The third-order valence-corrected chi connectivity index (χ3v) is 5.85. The largest absolute Gasteiger partial charge is 0.416 e. The molecule has 1 heterocycles. The number of carbonyl (C=O) groups excluding carboxylic acids is 1. The fourth-order valence-corrected chi connectivity index (χ4v) is 4.19. The lowest BCUT2D eigenvalue weighted by molar-refractivity contribution is -0.137. The molecule has 0 fully saturated rings. The van der Waals surface area contributed by atoms with Crippen LogP contribution in [0, 0.1) is 18.6 Å². The van der Waals surface area contributed by atoms with Crippen LogP contribution >= 0.6 is 0 Å². The van der Waals surface area contributed by atoms with E-state index < -0.39 is 67.9 Å². The van der Waals surface area contributed by atoms with E-state index in [0.717, 1.165) is 12.1 Å². The number of amides is 1. The number of sulfonamides is 1. The van der Waals surface area contributed by atoms with Gasteiger partial charge in [0.1, 0.15) is 0 Å². The van der Waals surface area contributed by atoms with Crippen molar-refractivity contribution in [2.45, 2.75) is 18.0 Å². The molecule has 0 unspecified atom stereocenters. The number of hydrogen-bond acceptors (Lipinski definition) is 7. The molecule has 0 saturated heterocycles. The zero-order chi connectivity index (χ0) is 23.8. The monoisotopic (exact) mass is 476 g/mol. The van der Waals surface area contributed by atoms with Crippen molar-refractivity contribution in [3.05, 3.63) is 59.4 Å². The molecule has 0 aliphatic rings. The lowest BCUT2D eigenvalue weighted by atomic mass is 10.1. The zero-order valence-electron chi connectivity index (χ0n) is 16.0. The molecule has 1 aromatic heterocycles. The van der Waals surface area contributed by atoms with Gasteiger partial charge < -0.3 is 10.3 Å². The number of rotatable bonds is 5. The number of aryl methyl sites for hydroxylation is 1. The van der Waals surface area contributed by atoms with Crippen molar-refractivity contribution in [1.29, 1.82) is 0 Å². The van der Waals surface area contributed by atoms with E-state index >= 15 is 0 Å². The standard InChI is InChI=1S/C18H13F5N4O4S/c1-9-25-17(31-26-9)12-6-13(19)14(20)7-15(12)27(16(28)8-24)32(29,30)11-4-2-3-10(5-11)18(21,22)23/h2-7H,8,24H2,1H3. The first-order valence-corrected chi connectivity index (χ1v) is 10.1. The van der Waals surface area contributed by atoms with E-state index in [-0.39, 0.29) is 10.1 Å². The molecule has 0 atom stereocenters. The predicted molar refractivity (Wildman–Crippen MR) is 99.6 cm³/mol. The van der Waals surface area contributed by atoms with Crippen molar-refractivity contribution < 1.29 is 39.7 Å². The van der Waals surface area contributed by atoms with Crippen LogP contribution in [0.2, 0.25) is 0 Å². The lowest BCUT2D eigenvalue weighted by Gasteiger charge is -2.24. The predicted octanol–water partition coefficient (Wildman–Crippen LogP) is 3.02. The van der Waals surface area contributed by atoms with Crippen LogP contribution in [0.4, 0.5) is 27.6 Å². The molecule has 3 aromatic rings. The van der Waals surface area contributed by atoms with Gasteiger partial charge in [-0.05, 0) is 31.2 Å². The Morgan fingerprint density at radius 2 is 1.81 bits per heavy atom. The lowest BCUT2D eigenvalue weighted by Crippen LogP contribution is -2.41. The Bertz CT molecular complexity index is 1290. The average molecular weight is 476 g/mol. The number of aromatic nitrogens is 2. The number of anilines is 1. The van der Waals surface area contributed by atoms with E-state index in [9.17, 15) is 35.2 Å². The number of alkyl halides is 3. The van der Waals surface area contributed by atoms with E-state index in [1.165, 1.54) is 6.92 Å². The summed E-state index contributed by atoms with van der Waals surface area (Å²) in [5.41, 5.74) is 2.71. The fourth-order valence-electron chi connectivity index (χ4n) is 2.70. The number of halogens is 5. The van der Waals surface area contributed by atoms with E-state index in [4.69, 9.17) is 10.3 Å². The molecule has 0 radical (unpaired) electrons. The molecule has 3 rings (SSSR count). The molecule has 0 spiro atoms. The summed E-state index contributed by atoms with van der Waals surface area (Å²) < 4.78 is 98.5. The summed E-state index contributed by atoms with van der Waals surface area (Å²) >= 11 is 0. The molecule has 2 aromatic carbocycles. The topological polar surface area (TPSA) is 119 Å². The van der Waals surface area contributed by atoms with Crippen molar-refractivity contribution in [1.82, 2.24) is 10.1 Å². The van der Waals surface area contributed by atoms with Crippen LogP contribution in [0.25, 0.3) is 11.5 Å². The highest BCUT2D eigenvalue weighted by Crippen LogP contribution is 2.37. The second-order valence-corrected chi connectivity index (χ2v) is 8.11. The second-order valence-electron chi connectivity index (χ2n) is 6.32. The molecule has 14 heteroatoms. The van der Waals surface area contributed by atoms with Gasteiger partial charge in [-0.3, -0.25) is 4.79 Å². The fraction of sp³-hybridized carbons (Fsp3) is 0.167. The van der Waals surface area contributed by atoms with Crippen molar-refractivity contribution >= 4 is 21.6 Å².